The lowest BCUT2D eigenvalue weighted by molar-refractivity contribution is -0.110. The lowest BCUT2D eigenvalue weighted by atomic mass is 10.1. The van der Waals surface area contributed by atoms with E-state index in [1.54, 1.807) is 0 Å². The van der Waals surface area contributed by atoms with Gasteiger partial charge in [-0.3, -0.25) is 15.1 Å². The van der Waals surface area contributed by atoms with Gasteiger partial charge in [0.1, 0.15) is 0 Å². The molecule has 1 aromatic carbocycles. The molecule has 2 aromatic rings. The van der Waals surface area contributed by atoms with Gasteiger partial charge in [0, 0.05) is 22.3 Å². The second kappa shape index (κ2) is 6.58. The van der Waals surface area contributed by atoms with E-state index in [2.05, 4.69) is 48.7 Å². The highest BCUT2D eigenvalue weighted by molar-refractivity contribution is 9.10. The Morgan fingerprint density at radius 3 is 3.09 bits per heavy atom. The van der Waals surface area contributed by atoms with Crippen molar-refractivity contribution < 1.29 is 4.79 Å². The molecule has 1 aliphatic rings. The Balaban J connectivity index is 1.72. The molecule has 3 rings (SSSR count). The van der Waals surface area contributed by atoms with Crippen LogP contribution in [0.3, 0.4) is 0 Å². The average Bonchev–Trinajstić information content (AvgIpc) is 3.10. The fourth-order valence-electron chi connectivity index (χ4n) is 2.18. The number of hydrogen-bond donors (Lipinski definition) is 2. The van der Waals surface area contributed by atoms with Crippen molar-refractivity contribution in [2.24, 2.45) is 4.99 Å². The summed E-state index contributed by atoms with van der Waals surface area (Å²) in [6, 6.07) is 8.19. The zero-order valence-corrected chi connectivity index (χ0v) is 14.4. The third-order valence-corrected chi connectivity index (χ3v) is 4.82. The number of nitrogens with one attached hydrogen (secondary N) is 2. The molecule has 1 amide bonds. The van der Waals surface area contributed by atoms with Crippen molar-refractivity contribution in [1.82, 2.24) is 10.3 Å². The highest BCUT2D eigenvalue weighted by Gasteiger charge is 2.17. The van der Waals surface area contributed by atoms with E-state index in [1.165, 1.54) is 16.9 Å². The number of amides is 1. The van der Waals surface area contributed by atoms with Gasteiger partial charge in [-0.05, 0) is 24.6 Å². The number of nitrogens with zero attached hydrogens (tertiary/aromatic N) is 2. The number of hydrogen-bond acceptors (Lipinski definition) is 5. The average molecular weight is 379 g/mol. The first-order valence-electron chi connectivity index (χ1n) is 6.92. The number of aromatic nitrogens is 1. The number of halogens is 1. The Morgan fingerprint density at radius 1 is 1.50 bits per heavy atom. The van der Waals surface area contributed by atoms with Crippen LogP contribution in [-0.2, 0) is 11.2 Å². The maximum Gasteiger partial charge on any atom is 0.292 e. The monoisotopic (exact) mass is 378 g/mol. The minimum absolute atomic E-state index is 0.222. The standard InChI is InChI=1S/C15H15BrN4OS/c1-9-12(8-10-3-2-4-11(16)7-10)22-15(19-9)20-14(21)13-17-5-6-18-13/h2-4,7H,5-6,8H2,1H3,(H,17,18)(H,19,20,21). The SMILES string of the molecule is Cc1nc(NC(=O)C2=NCCN2)sc1Cc1cccc(Br)c1. The second-order valence-electron chi connectivity index (χ2n) is 4.95. The predicted molar refractivity (Wildman–Crippen MR) is 92.7 cm³/mol. The Morgan fingerprint density at radius 2 is 2.36 bits per heavy atom. The molecule has 0 fully saturated rings. The van der Waals surface area contributed by atoms with Crippen LogP contribution < -0.4 is 10.6 Å². The van der Waals surface area contributed by atoms with Gasteiger partial charge in [0.05, 0.1) is 12.2 Å². The van der Waals surface area contributed by atoms with Crippen LogP contribution in [0.1, 0.15) is 16.1 Å². The summed E-state index contributed by atoms with van der Waals surface area (Å²) in [5.41, 5.74) is 2.16. The molecular weight excluding hydrogens is 364 g/mol. The molecule has 0 bridgehead atoms. The molecule has 22 heavy (non-hydrogen) atoms. The van der Waals surface area contributed by atoms with Crippen molar-refractivity contribution in [2.45, 2.75) is 13.3 Å². The maximum atomic E-state index is 12.0. The van der Waals surface area contributed by atoms with Crippen molar-refractivity contribution in [3.63, 3.8) is 0 Å². The summed E-state index contributed by atoms with van der Waals surface area (Å²) < 4.78 is 1.06. The van der Waals surface area contributed by atoms with Crippen molar-refractivity contribution in [1.29, 1.82) is 0 Å². The van der Waals surface area contributed by atoms with Gasteiger partial charge < -0.3 is 5.32 Å². The summed E-state index contributed by atoms with van der Waals surface area (Å²) in [6.07, 6.45) is 0.804. The Hall–Kier alpha value is -1.73. The summed E-state index contributed by atoms with van der Waals surface area (Å²) in [7, 11) is 0. The van der Waals surface area contributed by atoms with Crippen molar-refractivity contribution >= 4 is 44.1 Å². The number of thiazole rings is 1. The van der Waals surface area contributed by atoms with E-state index in [9.17, 15) is 4.79 Å². The van der Waals surface area contributed by atoms with Crippen molar-refractivity contribution in [2.75, 3.05) is 18.4 Å². The van der Waals surface area contributed by atoms with Crippen LogP contribution in [0.25, 0.3) is 0 Å². The zero-order valence-electron chi connectivity index (χ0n) is 12.0. The number of aliphatic imine (C=N–C) groups is 1. The van der Waals surface area contributed by atoms with Crippen molar-refractivity contribution in [3.8, 4) is 0 Å². The molecule has 0 atom stereocenters. The van der Waals surface area contributed by atoms with Crippen LogP contribution >= 0.6 is 27.3 Å². The lowest BCUT2D eigenvalue weighted by Crippen LogP contribution is -2.32. The maximum absolute atomic E-state index is 12.0. The zero-order chi connectivity index (χ0) is 15.5. The van der Waals surface area contributed by atoms with E-state index in [4.69, 9.17) is 0 Å². The first kappa shape index (κ1) is 15.2. The first-order valence-corrected chi connectivity index (χ1v) is 8.53. The summed E-state index contributed by atoms with van der Waals surface area (Å²) >= 11 is 4.99. The number of carbonyl (C=O) groups excluding carboxylic acids is 1. The summed E-state index contributed by atoms with van der Waals surface area (Å²) in [5, 5.41) is 6.38. The predicted octanol–water partition coefficient (Wildman–Crippen LogP) is 2.75. The van der Waals surface area contributed by atoms with Crippen LogP contribution in [0.4, 0.5) is 5.13 Å². The van der Waals surface area contributed by atoms with Crippen LogP contribution in [0.5, 0.6) is 0 Å². The van der Waals surface area contributed by atoms with Crippen LogP contribution in [-0.4, -0.2) is 29.8 Å². The minimum atomic E-state index is -0.222. The van der Waals surface area contributed by atoms with E-state index in [0.29, 0.717) is 24.1 Å². The van der Waals surface area contributed by atoms with Crippen molar-refractivity contribution in [3.05, 3.63) is 44.9 Å². The fraction of sp³-hybridized carbons (Fsp3) is 0.267. The molecule has 2 N–H and O–H groups in total. The smallest absolute Gasteiger partial charge is 0.292 e. The van der Waals surface area contributed by atoms with Crippen LogP contribution in [0.2, 0.25) is 0 Å². The molecule has 0 saturated heterocycles. The number of anilines is 1. The van der Waals surface area contributed by atoms with Gasteiger partial charge in [-0.1, -0.05) is 28.1 Å². The Kier molecular flexibility index (Phi) is 4.54. The first-order chi connectivity index (χ1) is 10.6. The third kappa shape index (κ3) is 3.53. The molecule has 0 radical (unpaired) electrons. The fourth-order valence-corrected chi connectivity index (χ4v) is 3.62. The highest BCUT2D eigenvalue weighted by Crippen LogP contribution is 2.26. The highest BCUT2D eigenvalue weighted by atomic mass is 79.9. The third-order valence-electron chi connectivity index (χ3n) is 3.26. The van der Waals surface area contributed by atoms with Gasteiger partial charge in [0.15, 0.2) is 11.0 Å². The van der Waals surface area contributed by atoms with Gasteiger partial charge in [-0.15, -0.1) is 11.3 Å². The van der Waals surface area contributed by atoms with Gasteiger partial charge in [-0.25, -0.2) is 4.98 Å². The molecule has 1 aliphatic heterocycles. The number of carbonyl (C=O) groups is 1. The number of amidine groups is 1. The Bertz CT molecular complexity index is 741. The summed E-state index contributed by atoms with van der Waals surface area (Å²) in [5.74, 6) is 0.168. The number of benzene rings is 1. The molecule has 0 unspecified atom stereocenters. The van der Waals surface area contributed by atoms with Gasteiger partial charge >= 0.3 is 0 Å². The molecule has 5 nitrogen and oxygen atoms in total. The molecule has 0 aliphatic carbocycles. The summed E-state index contributed by atoms with van der Waals surface area (Å²) in [4.78, 5) is 21.7. The largest absolute Gasteiger partial charge is 0.364 e. The van der Waals surface area contributed by atoms with Gasteiger partial charge in [-0.2, -0.15) is 0 Å². The van der Waals surface area contributed by atoms with E-state index >= 15 is 0 Å². The second-order valence-corrected chi connectivity index (χ2v) is 6.94. The molecule has 0 spiro atoms. The van der Waals surface area contributed by atoms with Gasteiger partial charge in [0.2, 0.25) is 0 Å². The molecule has 2 heterocycles. The quantitative estimate of drug-likeness (QED) is 0.859. The normalized spacial score (nSPS) is 13.6. The van der Waals surface area contributed by atoms with E-state index in [0.717, 1.165) is 21.5 Å². The molecule has 1 aromatic heterocycles. The minimum Gasteiger partial charge on any atom is -0.364 e. The molecule has 7 heteroatoms. The van der Waals surface area contributed by atoms with E-state index in [-0.39, 0.29) is 5.91 Å². The molecular formula is C15H15BrN4OS. The van der Waals surface area contributed by atoms with Crippen LogP contribution in [0.15, 0.2) is 33.7 Å². The van der Waals surface area contributed by atoms with E-state index < -0.39 is 0 Å². The summed E-state index contributed by atoms with van der Waals surface area (Å²) in [6.45, 7) is 3.33. The van der Waals surface area contributed by atoms with Crippen LogP contribution in [0, 0.1) is 6.92 Å². The Labute approximate surface area is 141 Å². The van der Waals surface area contributed by atoms with Gasteiger partial charge in [0.25, 0.3) is 5.91 Å². The topological polar surface area (TPSA) is 66.4 Å². The number of aryl methyl sites for hydroxylation is 1. The van der Waals surface area contributed by atoms with E-state index in [1.807, 2.05) is 19.1 Å². The lowest BCUT2D eigenvalue weighted by Gasteiger charge is -2.01. The molecule has 114 valence electrons. The number of rotatable bonds is 4. The molecule has 0 saturated carbocycles.